The second-order valence-corrected chi connectivity index (χ2v) is 7.85. The zero-order valence-electron chi connectivity index (χ0n) is 15.9. The molecule has 1 aromatic heterocycles. The molecule has 0 saturated carbocycles. The number of aromatic nitrogens is 1. The van der Waals surface area contributed by atoms with Gasteiger partial charge in [-0.2, -0.15) is 0 Å². The molecule has 0 unspecified atom stereocenters. The molecule has 0 aliphatic heterocycles. The van der Waals surface area contributed by atoms with Gasteiger partial charge < -0.3 is 10.6 Å². The first-order chi connectivity index (χ1) is 11.8. The third-order valence-electron chi connectivity index (χ3n) is 4.05. The molecule has 2 N–H and O–H groups in total. The molecule has 25 heavy (non-hydrogen) atoms. The molecule has 134 valence electrons. The van der Waals surface area contributed by atoms with Crippen LogP contribution in [-0.2, 0) is 5.41 Å². The summed E-state index contributed by atoms with van der Waals surface area (Å²) in [5.41, 5.74) is 3.77. The van der Waals surface area contributed by atoms with Crippen molar-refractivity contribution < 1.29 is 4.79 Å². The number of carbonyl (C=O) groups excluding carboxylic acids is 1. The number of carbonyl (C=O) groups is 1. The molecule has 0 saturated heterocycles. The van der Waals surface area contributed by atoms with E-state index in [1.807, 2.05) is 6.07 Å². The van der Waals surface area contributed by atoms with Crippen LogP contribution < -0.4 is 10.6 Å². The Labute approximate surface area is 151 Å². The van der Waals surface area contributed by atoms with E-state index in [4.69, 9.17) is 0 Å². The number of nitrogens with zero attached hydrogens (tertiary/aromatic N) is 1. The van der Waals surface area contributed by atoms with E-state index in [-0.39, 0.29) is 11.3 Å². The predicted octanol–water partition coefficient (Wildman–Crippen LogP) is 4.90. The fraction of sp³-hybridized carbons (Fsp3) is 0.429. The third-order valence-corrected chi connectivity index (χ3v) is 4.05. The minimum atomic E-state index is -0.0834. The maximum atomic E-state index is 12.2. The van der Waals surface area contributed by atoms with Crippen molar-refractivity contribution in [3.05, 3.63) is 53.9 Å². The molecule has 0 fully saturated rings. The van der Waals surface area contributed by atoms with E-state index in [1.54, 1.807) is 12.4 Å². The summed E-state index contributed by atoms with van der Waals surface area (Å²) in [5.74, 6) is 0.488. The molecule has 0 aliphatic carbocycles. The molecule has 1 amide bonds. The lowest BCUT2D eigenvalue weighted by molar-refractivity contribution is 0.0951. The highest BCUT2D eigenvalue weighted by molar-refractivity contribution is 5.94. The second-order valence-electron chi connectivity index (χ2n) is 7.85. The van der Waals surface area contributed by atoms with Crippen LogP contribution in [0.2, 0.25) is 0 Å². The Kier molecular flexibility index (Phi) is 6.18. The van der Waals surface area contributed by atoms with E-state index >= 15 is 0 Å². The topological polar surface area (TPSA) is 54.0 Å². The molecule has 0 aliphatic rings. The minimum absolute atomic E-state index is 0.0834. The summed E-state index contributed by atoms with van der Waals surface area (Å²) >= 11 is 0. The number of rotatable bonds is 6. The molecule has 0 spiro atoms. The standard InChI is InChI=1S/C21H29N3O/c1-15(2)10-11-23-20(25)16-12-19(14-22-13-16)24-18-8-6-17(7-9-18)21(3,4)5/h6-9,12-15,24H,10-11H2,1-5H3,(H,23,25). The highest BCUT2D eigenvalue weighted by atomic mass is 16.1. The quantitative estimate of drug-likeness (QED) is 0.787. The Morgan fingerprint density at radius 2 is 1.76 bits per heavy atom. The summed E-state index contributed by atoms with van der Waals surface area (Å²) in [4.78, 5) is 16.4. The number of amides is 1. The summed E-state index contributed by atoms with van der Waals surface area (Å²) in [5, 5.41) is 6.25. The fourth-order valence-electron chi connectivity index (χ4n) is 2.43. The highest BCUT2D eigenvalue weighted by Crippen LogP contribution is 2.24. The van der Waals surface area contributed by atoms with Crippen LogP contribution in [0.25, 0.3) is 0 Å². The van der Waals surface area contributed by atoms with Crippen molar-refractivity contribution in [1.82, 2.24) is 10.3 Å². The smallest absolute Gasteiger partial charge is 0.252 e. The van der Waals surface area contributed by atoms with E-state index < -0.39 is 0 Å². The first-order valence-corrected chi connectivity index (χ1v) is 8.86. The zero-order valence-corrected chi connectivity index (χ0v) is 15.9. The summed E-state index contributed by atoms with van der Waals surface area (Å²) in [6.07, 6.45) is 4.29. The van der Waals surface area contributed by atoms with Crippen molar-refractivity contribution >= 4 is 17.3 Å². The first-order valence-electron chi connectivity index (χ1n) is 8.86. The molecule has 1 heterocycles. The Hall–Kier alpha value is -2.36. The van der Waals surface area contributed by atoms with Crippen LogP contribution in [0.1, 0.15) is 57.0 Å². The molecule has 0 atom stereocenters. The lowest BCUT2D eigenvalue weighted by Crippen LogP contribution is -2.25. The monoisotopic (exact) mass is 339 g/mol. The van der Waals surface area contributed by atoms with Gasteiger partial charge in [-0.05, 0) is 41.5 Å². The van der Waals surface area contributed by atoms with Gasteiger partial charge in [0.2, 0.25) is 0 Å². The molecule has 4 nitrogen and oxygen atoms in total. The molecule has 0 radical (unpaired) electrons. The highest BCUT2D eigenvalue weighted by Gasteiger charge is 2.13. The van der Waals surface area contributed by atoms with E-state index in [1.165, 1.54) is 5.56 Å². The van der Waals surface area contributed by atoms with Crippen LogP contribution in [0.3, 0.4) is 0 Å². The Morgan fingerprint density at radius 3 is 2.36 bits per heavy atom. The SMILES string of the molecule is CC(C)CCNC(=O)c1cncc(Nc2ccc(C(C)(C)C)cc2)c1. The van der Waals surface area contributed by atoms with Crippen LogP contribution >= 0.6 is 0 Å². The lowest BCUT2D eigenvalue weighted by atomic mass is 9.87. The maximum absolute atomic E-state index is 12.2. The molecule has 4 heteroatoms. The van der Waals surface area contributed by atoms with E-state index in [0.29, 0.717) is 18.0 Å². The lowest BCUT2D eigenvalue weighted by Gasteiger charge is -2.19. The third kappa shape index (κ3) is 5.89. The van der Waals surface area contributed by atoms with Crippen LogP contribution in [0.4, 0.5) is 11.4 Å². The van der Waals surface area contributed by atoms with Gasteiger partial charge >= 0.3 is 0 Å². The van der Waals surface area contributed by atoms with Gasteiger partial charge in [-0.15, -0.1) is 0 Å². The maximum Gasteiger partial charge on any atom is 0.252 e. The molecule has 0 bridgehead atoms. The van der Waals surface area contributed by atoms with Gasteiger partial charge in [0, 0.05) is 18.4 Å². The predicted molar refractivity (Wildman–Crippen MR) is 104 cm³/mol. The molecular formula is C21H29N3O. The number of benzene rings is 1. The van der Waals surface area contributed by atoms with E-state index in [9.17, 15) is 4.79 Å². The Bertz CT molecular complexity index is 700. The van der Waals surface area contributed by atoms with E-state index in [2.05, 4.69) is 74.5 Å². The number of pyridine rings is 1. The van der Waals surface area contributed by atoms with Gasteiger partial charge in [0.15, 0.2) is 0 Å². The number of hydrogen-bond donors (Lipinski definition) is 2. The average Bonchev–Trinajstić information content (AvgIpc) is 2.54. The second kappa shape index (κ2) is 8.15. The van der Waals surface area contributed by atoms with Gasteiger partial charge in [-0.1, -0.05) is 46.8 Å². The van der Waals surface area contributed by atoms with E-state index in [0.717, 1.165) is 17.8 Å². The fourth-order valence-corrected chi connectivity index (χ4v) is 2.43. The molecular weight excluding hydrogens is 310 g/mol. The summed E-state index contributed by atoms with van der Waals surface area (Å²) in [7, 11) is 0. The molecule has 2 aromatic rings. The zero-order chi connectivity index (χ0) is 18.4. The van der Waals surface area contributed by atoms with Crippen molar-refractivity contribution in [1.29, 1.82) is 0 Å². The van der Waals surface area contributed by atoms with Gasteiger partial charge in [-0.25, -0.2) is 0 Å². The summed E-state index contributed by atoms with van der Waals surface area (Å²) in [6.45, 7) is 11.6. The van der Waals surface area contributed by atoms with Gasteiger partial charge in [0.1, 0.15) is 0 Å². The Balaban J connectivity index is 2.02. The Morgan fingerprint density at radius 1 is 1.08 bits per heavy atom. The van der Waals surface area contributed by atoms with Crippen LogP contribution in [-0.4, -0.2) is 17.4 Å². The molecule has 1 aromatic carbocycles. The first kappa shape index (κ1) is 19.0. The van der Waals surface area contributed by atoms with Crippen LogP contribution in [0.15, 0.2) is 42.7 Å². The van der Waals surface area contributed by atoms with Crippen molar-refractivity contribution in [3.63, 3.8) is 0 Å². The van der Waals surface area contributed by atoms with Crippen molar-refractivity contribution in [3.8, 4) is 0 Å². The van der Waals surface area contributed by atoms with Crippen molar-refractivity contribution in [2.45, 2.75) is 46.5 Å². The van der Waals surface area contributed by atoms with Gasteiger partial charge in [0.05, 0.1) is 17.4 Å². The van der Waals surface area contributed by atoms with Crippen LogP contribution in [0.5, 0.6) is 0 Å². The number of anilines is 2. The average molecular weight is 339 g/mol. The minimum Gasteiger partial charge on any atom is -0.354 e. The summed E-state index contributed by atoms with van der Waals surface area (Å²) in [6, 6.07) is 10.2. The largest absolute Gasteiger partial charge is 0.354 e. The summed E-state index contributed by atoms with van der Waals surface area (Å²) < 4.78 is 0. The normalized spacial score (nSPS) is 11.4. The van der Waals surface area contributed by atoms with Crippen LogP contribution in [0, 0.1) is 5.92 Å². The van der Waals surface area contributed by atoms with Gasteiger partial charge in [-0.3, -0.25) is 9.78 Å². The number of hydrogen-bond acceptors (Lipinski definition) is 3. The molecule has 2 rings (SSSR count). The van der Waals surface area contributed by atoms with Crippen molar-refractivity contribution in [2.75, 3.05) is 11.9 Å². The van der Waals surface area contributed by atoms with Gasteiger partial charge in [0.25, 0.3) is 5.91 Å². The van der Waals surface area contributed by atoms with Crippen molar-refractivity contribution in [2.24, 2.45) is 5.92 Å². The number of nitrogens with one attached hydrogen (secondary N) is 2.